The van der Waals surface area contributed by atoms with Gasteiger partial charge in [0.1, 0.15) is 18.2 Å². The standard InChI is InChI=1S/C12H10Cl3N3O/c13-8-4-10(15)11(5-9(8)14)19-6-7-2-1-3-17-12(7)18-16/h1-5H,6,16H2,(H,17,18). The fourth-order valence-corrected chi connectivity index (χ4v) is 2.05. The topological polar surface area (TPSA) is 60.2 Å². The molecule has 0 amide bonds. The van der Waals surface area contributed by atoms with Crippen LogP contribution in [0.25, 0.3) is 0 Å². The summed E-state index contributed by atoms with van der Waals surface area (Å²) in [6.45, 7) is 0.255. The lowest BCUT2D eigenvalue weighted by Gasteiger charge is -2.11. The molecule has 100 valence electrons. The average Bonchev–Trinajstić information content (AvgIpc) is 2.41. The first-order valence-corrected chi connectivity index (χ1v) is 6.43. The molecule has 3 N–H and O–H groups in total. The molecular weight excluding hydrogens is 309 g/mol. The molecule has 0 spiro atoms. The van der Waals surface area contributed by atoms with E-state index in [4.69, 9.17) is 45.4 Å². The largest absolute Gasteiger partial charge is 0.487 e. The van der Waals surface area contributed by atoms with Crippen LogP contribution >= 0.6 is 34.8 Å². The Morgan fingerprint density at radius 3 is 2.63 bits per heavy atom. The molecule has 0 aliphatic heterocycles. The van der Waals surface area contributed by atoms with Gasteiger partial charge in [-0.05, 0) is 12.1 Å². The van der Waals surface area contributed by atoms with Crippen LogP contribution in [-0.4, -0.2) is 4.98 Å². The van der Waals surface area contributed by atoms with Crippen molar-refractivity contribution < 1.29 is 4.74 Å². The van der Waals surface area contributed by atoms with Crippen molar-refractivity contribution in [2.24, 2.45) is 5.84 Å². The first-order chi connectivity index (χ1) is 9.11. The third-order valence-corrected chi connectivity index (χ3v) is 3.40. The Hall–Kier alpha value is -1.20. The van der Waals surface area contributed by atoms with Gasteiger partial charge in [0, 0.05) is 17.8 Å². The van der Waals surface area contributed by atoms with E-state index in [0.717, 1.165) is 5.56 Å². The second kappa shape index (κ2) is 6.30. The normalized spacial score (nSPS) is 10.3. The number of rotatable bonds is 4. The zero-order valence-corrected chi connectivity index (χ0v) is 11.9. The lowest BCUT2D eigenvalue weighted by atomic mass is 10.2. The maximum atomic E-state index is 6.02. The van der Waals surface area contributed by atoms with Crippen molar-refractivity contribution in [2.75, 3.05) is 5.43 Å². The molecule has 7 heteroatoms. The second-order valence-electron chi connectivity index (χ2n) is 3.64. The van der Waals surface area contributed by atoms with Crippen LogP contribution in [0.2, 0.25) is 15.1 Å². The highest BCUT2D eigenvalue weighted by Crippen LogP contribution is 2.34. The lowest BCUT2D eigenvalue weighted by Crippen LogP contribution is -2.12. The van der Waals surface area contributed by atoms with Gasteiger partial charge < -0.3 is 10.2 Å². The number of nitrogens with one attached hydrogen (secondary N) is 1. The van der Waals surface area contributed by atoms with Crippen molar-refractivity contribution in [1.82, 2.24) is 4.98 Å². The summed E-state index contributed by atoms with van der Waals surface area (Å²) in [7, 11) is 0. The molecule has 0 saturated heterocycles. The summed E-state index contributed by atoms with van der Waals surface area (Å²) >= 11 is 17.8. The molecule has 0 aliphatic carbocycles. The molecular formula is C12H10Cl3N3O. The number of pyridine rings is 1. The Morgan fingerprint density at radius 1 is 1.16 bits per heavy atom. The number of aromatic nitrogens is 1. The maximum absolute atomic E-state index is 6.02. The highest BCUT2D eigenvalue weighted by atomic mass is 35.5. The van der Waals surface area contributed by atoms with Gasteiger partial charge in [-0.2, -0.15) is 0 Å². The highest BCUT2D eigenvalue weighted by molar-refractivity contribution is 6.43. The molecule has 1 aromatic heterocycles. The summed E-state index contributed by atoms with van der Waals surface area (Å²) in [5, 5.41) is 1.15. The van der Waals surface area contributed by atoms with Gasteiger partial charge in [-0.1, -0.05) is 40.9 Å². The van der Waals surface area contributed by atoms with Crippen LogP contribution in [0.5, 0.6) is 5.75 Å². The molecule has 0 bridgehead atoms. The van der Waals surface area contributed by atoms with Gasteiger partial charge in [-0.25, -0.2) is 10.8 Å². The van der Waals surface area contributed by atoms with E-state index in [1.807, 2.05) is 6.07 Å². The molecule has 1 aromatic carbocycles. The van der Waals surface area contributed by atoms with Crippen molar-refractivity contribution in [3.05, 3.63) is 51.1 Å². The first-order valence-electron chi connectivity index (χ1n) is 5.29. The van der Waals surface area contributed by atoms with Crippen molar-refractivity contribution in [3.63, 3.8) is 0 Å². The van der Waals surface area contributed by atoms with E-state index in [0.29, 0.717) is 26.6 Å². The molecule has 19 heavy (non-hydrogen) atoms. The Labute approximate surface area is 125 Å². The number of halogens is 3. The predicted molar refractivity (Wildman–Crippen MR) is 77.9 cm³/mol. The third-order valence-electron chi connectivity index (χ3n) is 2.39. The summed E-state index contributed by atoms with van der Waals surface area (Å²) in [5.41, 5.74) is 3.29. The first kappa shape index (κ1) is 14.2. The van der Waals surface area contributed by atoms with Gasteiger partial charge in [-0.15, -0.1) is 0 Å². The van der Waals surface area contributed by atoms with Crippen LogP contribution in [0.15, 0.2) is 30.5 Å². The number of nitrogens with two attached hydrogens (primary N) is 1. The van der Waals surface area contributed by atoms with Crippen LogP contribution in [0.4, 0.5) is 5.82 Å². The Kier molecular flexibility index (Phi) is 4.71. The number of hydrogen-bond acceptors (Lipinski definition) is 4. The summed E-state index contributed by atoms with van der Waals surface area (Å²) in [4.78, 5) is 4.07. The molecule has 4 nitrogen and oxygen atoms in total. The summed E-state index contributed by atoms with van der Waals surface area (Å²) < 4.78 is 5.59. The molecule has 1 heterocycles. The number of benzene rings is 1. The van der Waals surface area contributed by atoms with Crippen molar-refractivity contribution in [1.29, 1.82) is 0 Å². The minimum absolute atomic E-state index is 0.255. The number of hydrazine groups is 1. The predicted octanol–water partition coefficient (Wildman–Crippen LogP) is 3.91. The van der Waals surface area contributed by atoms with Crippen molar-refractivity contribution in [3.8, 4) is 5.75 Å². The third kappa shape index (κ3) is 3.42. The van der Waals surface area contributed by atoms with E-state index in [1.165, 1.54) is 6.07 Å². The summed E-state index contributed by atoms with van der Waals surface area (Å²) in [6, 6.07) is 6.73. The lowest BCUT2D eigenvalue weighted by molar-refractivity contribution is 0.306. The molecule has 0 unspecified atom stereocenters. The zero-order chi connectivity index (χ0) is 13.8. The van der Waals surface area contributed by atoms with E-state index in [-0.39, 0.29) is 6.61 Å². The molecule has 2 rings (SSSR count). The molecule has 2 aromatic rings. The number of hydrogen-bond donors (Lipinski definition) is 2. The van der Waals surface area contributed by atoms with Crippen LogP contribution in [0.1, 0.15) is 5.56 Å². The van der Waals surface area contributed by atoms with Crippen molar-refractivity contribution >= 4 is 40.6 Å². The van der Waals surface area contributed by atoms with Gasteiger partial charge >= 0.3 is 0 Å². The van der Waals surface area contributed by atoms with Gasteiger partial charge in [0.25, 0.3) is 0 Å². The Balaban J connectivity index is 2.17. The maximum Gasteiger partial charge on any atom is 0.146 e. The second-order valence-corrected chi connectivity index (χ2v) is 4.86. The van der Waals surface area contributed by atoms with Gasteiger partial charge in [0.15, 0.2) is 0 Å². The summed E-state index contributed by atoms with van der Waals surface area (Å²) in [5.74, 6) is 6.35. The number of nitrogen functional groups attached to an aromatic ring is 1. The van der Waals surface area contributed by atoms with Gasteiger partial charge in [-0.3, -0.25) is 0 Å². The quantitative estimate of drug-likeness (QED) is 0.510. The minimum atomic E-state index is 0.255. The average molecular weight is 319 g/mol. The number of anilines is 1. The molecule has 0 aliphatic rings. The van der Waals surface area contributed by atoms with Crippen LogP contribution in [-0.2, 0) is 6.61 Å². The van der Waals surface area contributed by atoms with Crippen LogP contribution in [0, 0.1) is 0 Å². The van der Waals surface area contributed by atoms with Crippen molar-refractivity contribution in [2.45, 2.75) is 6.61 Å². The number of nitrogens with zero attached hydrogens (tertiary/aromatic N) is 1. The van der Waals surface area contributed by atoms with E-state index < -0.39 is 0 Å². The fraction of sp³-hybridized carbons (Fsp3) is 0.0833. The Morgan fingerprint density at radius 2 is 1.89 bits per heavy atom. The van der Waals surface area contributed by atoms with Gasteiger partial charge in [0.05, 0.1) is 15.1 Å². The fourth-order valence-electron chi connectivity index (χ4n) is 1.46. The monoisotopic (exact) mass is 317 g/mol. The minimum Gasteiger partial charge on any atom is -0.487 e. The SMILES string of the molecule is NNc1ncccc1COc1cc(Cl)c(Cl)cc1Cl. The smallest absolute Gasteiger partial charge is 0.146 e. The molecule has 0 fully saturated rings. The molecule has 0 saturated carbocycles. The molecule has 0 atom stereocenters. The van der Waals surface area contributed by atoms with E-state index >= 15 is 0 Å². The van der Waals surface area contributed by atoms with E-state index in [1.54, 1.807) is 18.3 Å². The molecule has 0 radical (unpaired) electrons. The summed E-state index contributed by atoms with van der Waals surface area (Å²) in [6.07, 6.45) is 1.63. The number of ether oxygens (including phenoxy) is 1. The van der Waals surface area contributed by atoms with Gasteiger partial charge in [0.2, 0.25) is 0 Å². The highest BCUT2D eigenvalue weighted by Gasteiger charge is 2.09. The Bertz CT molecular complexity index is 592. The zero-order valence-electron chi connectivity index (χ0n) is 9.66. The van der Waals surface area contributed by atoms with Crippen LogP contribution in [0.3, 0.4) is 0 Å². The van der Waals surface area contributed by atoms with E-state index in [9.17, 15) is 0 Å². The van der Waals surface area contributed by atoms with E-state index in [2.05, 4.69) is 10.4 Å². The van der Waals surface area contributed by atoms with Crippen LogP contribution < -0.4 is 16.0 Å².